The molecule has 2 N–H and O–H groups in total. The highest BCUT2D eigenvalue weighted by Crippen LogP contribution is 2.15. The van der Waals surface area contributed by atoms with Gasteiger partial charge in [-0.15, -0.1) is 0 Å². The van der Waals surface area contributed by atoms with Gasteiger partial charge < -0.3 is 9.67 Å². The van der Waals surface area contributed by atoms with Crippen LogP contribution in [-0.2, 0) is 23.5 Å². The molecule has 0 aliphatic rings. The molecule has 0 fully saturated rings. The molecule has 1 aromatic heterocycles. The number of rotatable bonds is 7. The molecular formula is C14H16ClF2N3O3S. The summed E-state index contributed by atoms with van der Waals surface area (Å²) in [6.07, 6.45) is 1.39. The second kappa shape index (κ2) is 7.56. The number of aliphatic hydroxyl groups excluding tert-OH is 1. The van der Waals surface area contributed by atoms with Crippen LogP contribution in [0.4, 0.5) is 8.78 Å². The lowest BCUT2D eigenvalue weighted by atomic mass is 10.0. The summed E-state index contributed by atoms with van der Waals surface area (Å²) in [6.45, 7) is -0.425. The molecule has 2 aromatic rings. The normalized spacial score (nSPS) is 13.2. The number of aliphatic hydroxyl groups is 1. The van der Waals surface area contributed by atoms with Crippen LogP contribution in [0.15, 0.2) is 29.6 Å². The lowest BCUT2D eigenvalue weighted by Gasteiger charge is -2.15. The average Bonchev–Trinajstić information content (AvgIpc) is 2.87. The number of aromatic nitrogens is 2. The third kappa shape index (κ3) is 4.29. The van der Waals surface area contributed by atoms with Crippen LogP contribution in [0.5, 0.6) is 0 Å². The van der Waals surface area contributed by atoms with Crippen LogP contribution < -0.4 is 4.72 Å². The van der Waals surface area contributed by atoms with Crippen LogP contribution in [-0.4, -0.2) is 36.2 Å². The number of hydrogen-bond acceptors (Lipinski definition) is 4. The Morgan fingerprint density at radius 3 is 2.62 bits per heavy atom. The molecular weight excluding hydrogens is 364 g/mol. The largest absolute Gasteiger partial charge is 0.396 e. The Balaban J connectivity index is 2.05. The molecule has 0 bridgehead atoms. The summed E-state index contributed by atoms with van der Waals surface area (Å²) in [7, 11) is -2.46. The second-order valence-electron chi connectivity index (χ2n) is 5.28. The van der Waals surface area contributed by atoms with Crippen molar-refractivity contribution in [3.63, 3.8) is 0 Å². The average molecular weight is 380 g/mol. The van der Waals surface area contributed by atoms with Gasteiger partial charge in [0.1, 0.15) is 5.15 Å². The molecule has 1 heterocycles. The Morgan fingerprint density at radius 1 is 1.38 bits per heavy atom. The Bertz CT molecular complexity index is 827. The highest BCUT2D eigenvalue weighted by molar-refractivity contribution is 7.89. The van der Waals surface area contributed by atoms with E-state index >= 15 is 0 Å². The molecule has 0 aliphatic heterocycles. The van der Waals surface area contributed by atoms with Crippen molar-refractivity contribution in [1.29, 1.82) is 0 Å². The first-order chi connectivity index (χ1) is 11.2. The fourth-order valence-corrected chi connectivity index (χ4v) is 3.53. The SMILES string of the molecule is Cn1c(Cl)cnc1S(=O)(=O)NCC(CO)Cc1ccc(F)c(F)c1. The van der Waals surface area contributed by atoms with Crippen LogP contribution in [0.1, 0.15) is 5.56 Å². The van der Waals surface area contributed by atoms with Crippen LogP contribution >= 0.6 is 11.6 Å². The summed E-state index contributed by atoms with van der Waals surface area (Å²) in [4.78, 5) is 3.72. The first-order valence-corrected chi connectivity index (χ1v) is 8.82. The number of sulfonamides is 1. The van der Waals surface area contributed by atoms with Gasteiger partial charge in [-0.1, -0.05) is 17.7 Å². The number of hydrogen-bond donors (Lipinski definition) is 2. The lowest BCUT2D eigenvalue weighted by Crippen LogP contribution is -2.33. The standard InChI is InChI=1S/C14H16ClF2N3O3S/c1-20-13(15)7-18-14(20)24(22,23)19-6-10(8-21)4-9-2-3-11(16)12(17)5-9/h2-3,5,7,10,19,21H,4,6,8H2,1H3. The van der Waals surface area contributed by atoms with Crippen LogP contribution in [0.25, 0.3) is 0 Å². The lowest BCUT2D eigenvalue weighted by molar-refractivity contribution is 0.226. The zero-order valence-corrected chi connectivity index (χ0v) is 14.3. The summed E-state index contributed by atoms with van der Waals surface area (Å²) in [5, 5.41) is 9.30. The van der Waals surface area contributed by atoms with Crippen molar-refractivity contribution in [3.8, 4) is 0 Å². The number of imidazole rings is 1. The van der Waals surface area contributed by atoms with Crippen molar-refractivity contribution < 1.29 is 22.3 Å². The van der Waals surface area contributed by atoms with E-state index in [-0.39, 0.29) is 29.9 Å². The van der Waals surface area contributed by atoms with Crippen molar-refractivity contribution in [3.05, 3.63) is 46.7 Å². The van der Waals surface area contributed by atoms with Gasteiger partial charge in [0.05, 0.1) is 6.20 Å². The van der Waals surface area contributed by atoms with Crippen molar-refractivity contribution in [2.45, 2.75) is 11.6 Å². The molecule has 2 rings (SSSR count). The van der Waals surface area contributed by atoms with E-state index in [2.05, 4.69) is 9.71 Å². The van der Waals surface area contributed by atoms with E-state index in [1.807, 2.05) is 0 Å². The van der Waals surface area contributed by atoms with Gasteiger partial charge in [-0.25, -0.2) is 26.9 Å². The zero-order valence-electron chi connectivity index (χ0n) is 12.7. The number of benzene rings is 1. The molecule has 0 saturated carbocycles. The molecule has 1 aromatic carbocycles. The molecule has 132 valence electrons. The van der Waals surface area contributed by atoms with E-state index in [9.17, 15) is 22.3 Å². The van der Waals surface area contributed by atoms with Crippen molar-refractivity contribution in [2.24, 2.45) is 13.0 Å². The van der Waals surface area contributed by atoms with E-state index in [1.54, 1.807) is 0 Å². The summed E-state index contributed by atoms with van der Waals surface area (Å²) in [6, 6.07) is 3.39. The van der Waals surface area contributed by atoms with E-state index < -0.39 is 27.6 Å². The van der Waals surface area contributed by atoms with Gasteiger partial charge in [-0.2, -0.15) is 0 Å². The van der Waals surface area contributed by atoms with Crippen LogP contribution in [0.2, 0.25) is 5.15 Å². The van der Waals surface area contributed by atoms with Crippen LogP contribution in [0.3, 0.4) is 0 Å². The van der Waals surface area contributed by atoms with Gasteiger partial charge in [0.15, 0.2) is 11.6 Å². The molecule has 6 nitrogen and oxygen atoms in total. The Morgan fingerprint density at radius 2 is 2.08 bits per heavy atom. The van der Waals surface area contributed by atoms with E-state index in [0.29, 0.717) is 5.56 Å². The Hall–Kier alpha value is -1.55. The third-order valence-electron chi connectivity index (χ3n) is 3.46. The maximum atomic E-state index is 13.2. The second-order valence-corrected chi connectivity index (χ2v) is 7.32. The quantitative estimate of drug-likeness (QED) is 0.763. The molecule has 0 amide bonds. The van der Waals surface area contributed by atoms with Gasteiger partial charge in [0.2, 0.25) is 5.16 Å². The minimum Gasteiger partial charge on any atom is -0.396 e. The molecule has 0 saturated heterocycles. The number of halogens is 3. The molecule has 1 unspecified atom stereocenters. The zero-order chi connectivity index (χ0) is 17.9. The van der Waals surface area contributed by atoms with Crippen molar-refractivity contribution >= 4 is 21.6 Å². The highest BCUT2D eigenvalue weighted by atomic mass is 35.5. The van der Waals surface area contributed by atoms with Gasteiger partial charge >= 0.3 is 0 Å². The maximum Gasteiger partial charge on any atom is 0.274 e. The fraction of sp³-hybridized carbons (Fsp3) is 0.357. The summed E-state index contributed by atoms with van der Waals surface area (Å²) < 4.78 is 54.0. The first-order valence-electron chi connectivity index (χ1n) is 6.96. The monoisotopic (exact) mass is 379 g/mol. The molecule has 10 heteroatoms. The number of nitrogens with zero attached hydrogens (tertiary/aromatic N) is 2. The first kappa shape index (κ1) is 18.8. The number of nitrogens with one attached hydrogen (secondary N) is 1. The summed E-state index contributed by atoms with van der Waals surface area (Å²) in [5.74, 6) is -2.47. The summed E-state index contributed by atoms with van der Waals surface area (Å²) in [5.41, 5.74) is 0.451. The molecule has 0 radical (unpaired) electrons. The summed E-state index contributed by atoms with van der Waals surface area (Å²) >= 11 is 5.76. The predicted molar refractivity (Wildman–Crippen MR) is 84.0 cm³/mol. The van der Waals surface area contributed by atoms with Gasteiger partial charge in [0, 0.05) is 20.2 Å². The van der Waals surface area contributed by atoms with Gasteiger partial charge in [-0.05, 0) is 30.0 Å². The van der Waals surface area contributed by atoms with E-state index in [4.69, 9.17) is 11.6 Å². The molecule has 1 atom stereocenters. The predicted octanol–water partition coefficient (Wildman–Crippen LogP) is 1.48. The minimum atomic E-state index is -3.91. The highest BCUT2D eigenvalue weighted by Gasteiger charge is 2.22. The molecule has 24 heavy (non-hydrogen) atoms. The minimum absolute atomic E-state index is 0.0949. The smallest absolute Gasteiger partial charge is 0.274 e. The van der Waals surface area contributed by atoms with Gasteiger partial charge in [0.25, 0.3) is 10.0 Å². The molecule has 0 aliphatic carbocycles. The topological polar surface area (TPSA) is 84.2 Å². The van der Waals surface area contributed by atoms with E-state index in [1.165, 1.54) is 23.9 Å². The van der Waals surface area contributed by atoms with Gasteiger partial charge in [-0.3, -0.25) is 0 Å². The molecule has 0 spiro atoms. The van der Waals surface area contributed by atoms with E-state index in [0.717, 1.165) is 12.1 Å². The maximum absolute atomic E-state index is 13.2. The van der Waals surface area contributed by atoms with Crippen LogP contribution in [0, 0.1) is 17.6 Å². The fourth-order valence-electron chi connectivity index (χ4n) is 2.12. The Kier molecular flexibility index (Phi) is 5.92. The van der Waals surface area contributed by atoms with Crippen molar-refractivity contribution in [2.75, 3.05) is 13.2 Å². The third-order valence-corrected chi connectivity index (χ3v) is 5.22. The van der Waals surface area contributed by atoms with Crippen molar-refractivity contribution in [1.82, 2.24) is 14.3 Å². The Labute approximate surface area is 143 Å².